The Balaban J connectivity index is 2.48. The molecule has 1 N–H and O–H groups in total. The van der Waals surface area contributed by atoms with Gasteiger partial charge in [-0.05, 0) is 39.3 Å². The second-order valence-electron chi connectivity index (χ2n) is 13.2. The molecule has 1 saturated heterocycles. The first-order valence-electron chi connectivity index (χ1n) is 14.8. The molecule has 1 amide bonds. The molecule has 2 rings (SSSR count). The number of carbonyl (C=O) groups excluding carboxylic acids is 1. The van der Waals surface area contributed by atoms with Gasteiger partial charge in [0.1, 0.15) is 18.1 Å². The number of ether oxygens (including phenoxy) is 1. The van der Waals surface area contributed by atoms with Gasteiger partial charge < -0.3 is 18.9 Å². The van der Waals surface area contributed by atoms with E-state index in [4.69, 9.17) is 13.6 Å². The van der Waals surface area contributed by atoms with Gasteiger partial charge >= 0.3 is 5.69 Å². The zero-order valence-corrected chi connectivity index (χ0v) is 28.7. The molecule has 10 heteroatoms. The SMILES string of the molecule is CC(=O)Nc1ccn([C@@H]2C[C@H](O[Si](C(C)C)(C(C)C)C(C)C)[C@@H](CO[Si](C(C)C)(C(C)C)C(C)C)O2)c(=O)n1. The third-order valence-electron chi connectivity index (χ3n) is 8.89. The van der Waals surface area contributed by atoms with Crippen LogP contribution in [0.1, 0.15) is 103 Å². The van der Waals surface area contributed by atoms with Crippen LogP contribution in [0.2, 0.25) is 33.2 Å². The maximum Gasteiger partial charge on any atom is 0.351 e. The zero-order valence-electron chi connectivity index (χ0n) is 26.7. The molecule has 0 unspecified atom stereocenters. The Bertz CT molecular complexity index is 965. The fourth-order valence-corrected chi connectivity index (χ4v) is 18.5. The van der Waals surface area contributed by atoms with Crippen LogP contribution in [0.5, 0.6) is 0 Å². The highest BCUT2D eigenvalue weighted by Crippen LogP contribution is 2.47. The Labute approximate surface area is 238 Å². The van der Waals surface area contributed by atoms with Crippen molar-refractivity contribution in [1.82, 2.24) is 9.55 Å². The summed E-state index contributed by atoms with van der Waals surface area (Å²) in [7, 11) is -4.35. The summed E-state index contributed by atoms with van der Waals surface area (Å²) >= 11 is 0. The summed E-state index contributed by atoms with van der Waals surface area (Å²) in [6.07, 6.45) is 1.22. The van der Waals surface area contributed by atoms with Gasteiger partial charge in [0.05, 0.1) is 12.7 Å². The molecule has 0 bridgehead atoms. The monoisotopic (exact) mass is 581 g/mol. The Morgan fingerprint density at radius 3 is 1.85 bits per heavy atom. The van der Waals surface area contributed by atoms with Crippen LogP contribution in [0.15, 0.2) is 17.1 Å². The molecule has 1 aromatic heterocycles. The van der Waals surface area contributed by atoms with Gasteiger partial charge in [-0.15, -0.1) is 0 Å². The number of hydrogen-bond acceptors (Lipinski definition) is 6. The van der Waals surface area contributed by atoms with E-state index in [0.29, 0.717) is 46.3 Å². The van der Waals surface area contributed by atoms with Crippen LogP contribution in [0.25, 0.3) is 0 Å². The van der Waals surface area contributed by atoms with E-state index < -0.39 is 28.6 Å². The minimum absolute atomic E-state index is 0.186. The highest BCUT2D eigenvalue weighted by molar-refractivity contribution is 6.78. The summed E-state index contributed by atoms with van der Waals surface area (Å²) in [4.78, 5) is 28.5. The number of nitrogens with one attached hydrogen (secondary N) is 1. The molecule has 1 fully saturated rings. The maximum absolute atomic E-state index is 13.0. The highest BCUT2D eigenvalue weighted by Gasteiger charge is 2.51. The van der Waals surface area contributed by atoms with Crippen molar-refractivity contribution < 1.29 is 18.4 Å². The van der Waals surface area contributed by atoms with E-state index in [1.807, 2.05) is 0 Å². The van der Waals surface area contributed by atoms with Crippen molar-refractivity contribution in [3.8, 4) is 0 Å². The number of nitrogens with zero attached hydrogens (tertiary/aromatic N) is 2. The van der Waals surface area contributed by atoms with E-state index in [1.54, 1.807) is 12.3 Å². The third-order valence-corrected chi connectivity index (χ3v) is 21.1. The molecule has 0 spiro atoms. The fourth-order valence-electron chi connectivity index (χ4n) is 7.42. The van der Waals surface area contributed by atoms with Crippen LogP contribution in [-0.4, -0.2) is 50.9 Å². The smallest absolute Gasteiger partial charge is 0.351 e. The molecule has 1 aliphatic heterocycles. The number of carbonyl (C=O) groups is 1. The van der Waals surface area contributed by atoms with Gasteiger partial charge in [-0.25, -0.2) is 4.79 Å². The molecule has 224 valence electrons. The summed E-state index contributed by atoms with van der Waals surface area (Å²) < 4.78 is 22.4. The van der Waals surface area contributed by atoms with E-state index in [2.05, 4.69) is 93.4 Å². The van der Waals surface area contributed by atoms with Crippen LogP contribution in [0.4, 0.5) is 5.82 Å². The lowest BCUT2D eigenvalue weighted by Crippen LogP contribution is -2.53. The van der Waals surface area contributed by atoms with Gasteiger partial charge in [0.15, 0.2) is 8.32 Å². The molecule has 1 aromatic rings. The van der Waals surface area contributed by atoms with E-state index >= 15 is 0 Å². The predicted octanol–water partition coefficient (Wildman–Crippen LogP) is 7.24. The van der Waals surface area contributed by atoms with Crippen LogP contribution in [0.3, 0.4) is 0 Å². The van der Waals surface area contributed by atoms with Crippen LogP contribution in [0, 0.1) is 0 Å². The average Bonchev–Trinajstić information content (AvgIpc) is 3.18. The molecule has 0 saturated carbocycles. The minimum Gasteiger partial charge on any atom is -0.413 e. The zero-order chi connectivity index (χ0) is 29.9. The number of anilines is 1. The molecule has 8 nitrogen and oxygen atoms in total. The standard InChI is InChI=1S/C29H55N3O5Si2/c1-18(2)38(19(3)4,20(5)6)35-17-26-25(37-39(21(7)8,22(9)10)23(11)12)16-28(36-26)32-15-14-27(30-24(13)33)31-29(32)34/h14-15,18-23,25-26,28H,16-17H2,1-13H3,(H,30,31,33,34)/t25-,26+,28-/m0/s1. The first-order chi connectivity index (χ1) is 18.0. The Morgan fingerprint density at radius 1 is 0.949 bits per heavy atom. The molecule has 3 atom stereocenters. The van der Waals surface area contributed by atoms with Crippen molar-refractivity contribution in [1.29, 1.82) is 0 Å². The van der Waals surface area contributed by atoms with Crippen molar-refractivity contribution >= 4 is 28.4 Å². The molecule has 2 heterocycles. The van der Waals surface area contributed by atoms with E-state index in [1.165, 1.54) is 11.5 Å². The fraction of sp³-hybridized carbons (Fsp3) is 0.828. The lowest BCUT2D eigenvalue weighted by atomic mass is 10.2. The largest absolute Gasteiger partial charge is 0.413 e. The Hall–Kier alpha value is -1.34. The maximum atomic E-state index is 13.0. The molecular formula is C29H55N3O5Si2. The van der Waals surface area contributed by atoms with Crippen molar-refractivity contribution in [2.45, 2.75) is 148 Å². The van der Waals surface area contributed by atoms with Crippen LogP contribution >= 0.6 is 0 Å². The normalized spacial score (nSPS) is 20.8. The van der Waals surface area contributed by atoms with Gasteiger partial charge in [0.25, 0.3) is 0 Å². The molecule has 0 radical (unpaired) electrons. The lowest BCUT2D eigenvalue weighted by Gasteiger charge is -2.45. The Morgan fingerprint density at radius 2 is 1.44 bits per heavy atom. The van der Waals surface area contributed by atoms with Crippen molar-refractivity contribution in [3.63, 3.8) is 0 Å². The van der Waals surface area contributed by atoms with Crippen LogP contribution in [-0.2, 0) is 18.4 Å². The molecule has 1 aliphatic rings. The van der Waals surface area contributed by atoms with Gasteiger partial charge in [-0.3, -0.25) is 9.36 Å². The summed E-state index contributed by atoms with van der Waals surface area (Å²) in [5, 5.41) is 2.58. The second kappa shape index (κ2) is 13.6. The van der Waals surface area contributed by atoms with Crippen molar-refractivity contribution in [3.05, 3.63) is 22.7 Å². The molecule has 0 aromatic carbocycles. The number of hydrogen-bond donors (Lipinski definition) is 1. The minimum atomic E-state index is -2.22. The summed E-state index contributed by atoms with van der Waals surface area (Å²) in [5.74, 6) is -0.0326. The summed E-state index contributed by atoms with van der Waals surface area (Å²) in [6.45, 7) is 29.3. The van der Waals surface area contributed by atoms with E-state index in [-0.39, 0.29) is 23.9 Å². The van der Waals surface area contributed by atoms with Crippen molar-refractivity contribution in [2.75, 3.05) is 11.9 Å². The van der Waals surface area contributed by atoms with E-state index in [0.717, 1.165) is 0 Å². The lowest BCUT2D eigenvalue weighted by molar-refractivity contribution is -0.114. The molecule has 0 aliphatic carbocycles. The highest BCUT2D eigenvalue weighted by atomic mass is 28.4. The first-order valence-corrected chi connectivity index (χ1v) is 19.1. The summed E-state index contributed by atoms with van der Waals surface area (Å²) in [6, 6.07) is 1.63. The first kappa shape index (κ1) is 33.9. The summed E-state index contributed by atoms with van der Waals surface area (Å²) in [5.41, 5.74) is 2.19. The van der Waals surface area contributed by atoms with Crippen molar-refractivity contribution in [2.24, 2.45) is 0 Å². The van der Waals surface area contributed by atoms with Gasteiger partial charge in [0, 0.05) is 19.5 Å². The van der Waals surface area contributed by atoms with E-state index in [9.17, 15) is 9.59 Å². The number of aromatic nitrogens is 2. The van der Waals surface area contributed by atoms with Gasteiger partial charge in [-0.2, -0.15) is 4.98 Å². The van der Waals surface area contributed by atoms with Gasteiger partial charge in [-0.1, -0.05) is 83.1 Å². The Kier molecular flexibility index (Phi) is 11.8. The van der Waals surface area contributed by atoms with Crippen LogP contribution < -0.4 is 11.0 Å². The molecule has 39 heavy (non-hydrogen) atoms. The number of amides is 1. The quantitative estimate of drug-likeness (QED) is 0.247. The second-order valence-corrected chi connectivity index (χ2v) is 24.0. The average molecular weight is 582 g/mol. The van der Waals surface area contributed by atoms with Gasteiger partial charge in [0.2, 0.25) is 14.2 Å². The molecular weight excluding hydrogens is 527 g/mol. The predicted molar refractivity (Wildman–Crippen MR) is 164 cm³/mol. The topological polar surface area (TPSA) is 91.7 Å². The third kappa shape index (κ3) is 7.12. The number of rotatable bonds is 13.